The molecule has 0 atom stereocenters. The minimum absolute atomic E-state index is 0.589. The summed E-state index contributed by atoms with van der Waals surface area (Å²) in [6.45, 7) is 7.07. The van der Waals surface area contributed by atoms with E-state index >= 15 is 0 Å². The van der Waals surface area contributed by atoms with Crippen molar-refractivity contribution in [1.29, 1.82) is 0 Å². The number of aromatic amines is 1. The first kappa shape index (κ1) is 12.1. The summed E-state index contributed by atoms with van der Waals surface area (Å²) in [7, 11) is 0. The van der Waals surface area contributed by atoms with E-state index in [1.54, 1.807) is 0 Å². The van der Waals surface area contributed by atoms with Gasteiger partial charge in [-0.25, -0.2) is 0 Å². The van der Waals surface area contributed by atoms with Gasteiger partial charge in [-0.15, -0.1) is 0 Å². The Labute approximate surface area is 102 Å². The number of para-hydroxylation sites is 1. The van der Waals surface area contributed by atoms with Gasteiger partial charge in [0.25, 0.3) is 0 Å². The predicted molar refractivity (Wildman–Crippen MR) is 71.0 cm³/mol. The summed E-state index contributed by atoms with van der Waals surface area (Å²) in [5, 5.41) is 14.2. The molecule has 2 aromatic rings. The van der Waals surface area contributed by atoms with Gasteiger partial charge in [0.05, 0.1) is 5.60 Å². The first-order chi connectivity index (χ1) is 7.97. The van der Waals surface area contributed by atoms with Crippen LogP contribution < -0.4 is 5.32 Å². The van der Waals surface area contributed by atoms with Crippen LogP contribution in [-0.2, 0) is 6.54 Å². The van der Waals surface area contributed by atoms with Crippen molar-refractivity contribution in [1.82, 2.24) is 10.3 Å². The summed E-state index contributed by atoms with van der Waals surface area (Å²) >= 11 is 0. The van der Waals surface area contributed by atoms with E-state index in [2.05, 4.69) is 35.4 Å². The second-order valence-electron chi connectivity index (χ2n) is 5.19. The topological polar surface area (TPSA) is 48.0 Å². The Morgan fingerprint density at radius 2 is 2.00 bits per heavy atom. The lowest BCUT2D eigenvalue weighted by Gasteiger charge is -2.17. The van der Waals surface area contributed by atoms with E-state index in [0.29, 0.717) is 6.54 Å². The van der Waals surface area contributed by atoms with Gasteiger partial charge < -0.3 is 15.4 Å². The molecule has 1 aromatic carbocycles. The van der Waals surface area contributed by atoms with Gasteiger partial charge in [-0.3, -0.25) is 0 Å². The molecule has 0 radical (unpaired) electrons. The minimum atomic E-state index is -0.667. The van der Waals surface area contributed by atoms with Gasteiger partial charge in [0.1, 0.15) is 0 Å². The Bertz CT molecular complexity index is 508. The second kappa shape index (κ2) is 4.51. The Morgan fingerprint density at radius 3 is 2.71 bits per heavy atom. The average molecular weight is 232 g/mol. The number of H-pyrrole nitrogens is 1. The maximum absolute atomic E-state index is 9.66. The summed E-state index contributed by atoms with van der Waals surface area (Å²) in [6, 6.07) is 8.29. The van der Waals surface area contributed by atoms with Crippen molar-refractivity contribution in [3.8, 4) is 0 Å². The highest BCUT2D eigenvalue weighted by atomic mass is 16.3. The van der Waals surface area contributed by atoms with Crippen LogP contribution in [0.3, 0.4) is 0 Å². The zero-order valence-electron chi connectivity index (χ0n) is 10.7. The zero-order chi connectivity index (χ0) is 12.5. The molecule has 0 spiro atoms. The Hall–Kier alpha value is -1.32. The van der Waals surface area contributed by atoms with Crippen molar-refractivity contribution in [2.24, 2.45) is 0 Å². The van der Waals surface area contributed by atoms with Crippen LogP contribution in [0.2, 0.25) is 0 Å². The Kier molecular flexibility index (Phi) is 3.22. The van der Waals surface area contributed by atoms with E-state index in [0.717, 1.165) is 6.54 Å². The molecule has 2 rings (SSSR count). The normalized spacial score (nSPS) is 12.2. The third-order valence-electron chi connectivity index (χ3n) is 2.89. The fraction of sp³-hybridized carbons (Fsp3) is 0.429. The number of aromatic nitrogens is 1. The van der Waals surface area contributed by atoms with Crippen molar-refractivity contribution in [3.05, 3.63) is 35.5 Å². The highest BCUT2D eigenvalue weighted by molar-refractivity contribution is 5.84. The molecule has 92 valence electrons. The number of hydrogen-bond acceptors (Lipinski definition) is 2. The smallest absolute Gasteiger partial charge is 0.0715 e. The maximum Gasteiger partial charge on any atom is 0.0715 e. The number of benzene rings is 1. The number of aryl methyl sites for hydroxylation is 1. The fourth-order valence-electron chi connectivity index (χ4n) is 2.06. The lowest BCUT2D eigenvalue weighted by atomic mass is 10.1. The van der Waals surface area contributed by atoms with Crippen molar-refractivity contribution in [2.45, 2.75) is 32.9 Å². The van der Waals surface area contributed by atoms with Crippen LogP contribution in [0.4, 0.5) is 0 Å². The lowest BCUT2D eigenvalue weighted by molar-refractivity contribution is 0.0795. The second-order valence-corrected chi connectivity index (χ2v) is 5.19. The first-order valence-corrected chi connectivity index (χ1v) is 5.97. The van der Waals surface area contributed by atoms with Gasteiger partial charge in [-0.05, 0) is 32.4 Å². The van der Waals surface area contributed by atoms with E-state index in [-0.39, 0.29) is 0 Å². The van der Waals surface area contributed by atoms with Gasteiger partial charge in [0.15, 0.2) is 0 Å². The van der Waals surface area contributed by atoms with Gasteiger partial charge in [0, 0.05) is 29.7 Å². The molecule has 3 nitrogen and oxygen atoms in total. The van der Waals surface area contributed by atoms with Crippen LogP contribution in [0, 0.1) is 6.92 Å². The highest BCUT2D eigenvalue weighted by Gasteiger charge is 2.13. The van der Waals surface area contributed by atoms with E-state index in [1.165, 1.54) is 22.2 Å². The van der Waals surface area contributed by atoms with Crippen molar-refractivity contribution >= 4 is 10.9 Å². The van der Waals surface area contributed by atoms with Crippen LogP contribution in [0.5, 0.6) is 0 Å². The largest absolute Gasteiger partial charge is 0.389 e. The zero-order valence-corrected chi connectivity index (χ0v) is 10.7. The van der Waals surface area contributed by atoms with Gasteiger partial charge in [-0.2, -0.15) is 0 Å². The third kappa shape index (κ3) is 2.87. The number of fused-ring (bicyclic) bond motifs is 1. The Morgan fingerprint density at radius 1 is 1.29 bits per heavy atom. The molecule has 3 heteroatoms. The molecule has 0 aliphatic rings. The lowest BCUT2D eigenvalue weighted by Crippen LogP contribution is -2.34. The molecule has 0 fully saturated rings. The highest BCUT2D eigenvalue weighted by Crippen LogP contribution is 2.21. The number of rotatable bonds is 4. The molecule has 0 saturated heterocycles. The molecule has 0 amide bonds. The number of nitrogens with one attached hydrogen (secondary N) is 2. The van der Waals surface area contributed by atoms with Crippen molar-refractivity contribution in [3.63, 3.8) is 0 Å². The monoisotopic (exact) mass is 232 g/mol. The molecule has 0 aliphatic heterocycles. The van der Waals surface area contributed by atoms with Crippen LogP contribution in [-0.4, -0.2) is 22.2 Å². The fourth-order valence-corrected chi connectivity index (χ4v) is 2.06. The van der Waals surface area contributed by atoms with Crippen LogP contribution in [0.25, 0.3) is 10.9 Å². The average Bonchev–Trinajstić information content (AvgIpc) is 2.54. The van der Waals surface area contributed by atoms with E-state index in [1.807, 2.05) is 19.9 Å². The molecule has 3 N–H and O–H groups in total. The van der Waals surface area contributed by atoms with E-state index in [9.17, 15) is 5.11 Å². The molecule has 17 heavy (non-hydrogen) atoms. The predicted octanol–water partition coefficient (Wildman–Crippen LogP) is 2.34. The summed E-state index contributed by atoms with van der Waals surface area (Å²) in [5.41, 5.74) is 2.98. The third-order valence-corrected chi connectivity index (χ3v) is 2.89. The first-order valence-electron chi connectivity index (χ1n) is 5.97. The Balaban J connectivity index is 2.15. The summed E-state index contributed by atoms with van der Waals surface area (Å²) < 4.78 is 0. The molecular formula is C14H20N2O. The minimum Gasteiger partial charge on any atom is -0.389 e. The quantitative estimate of drug-likeness (QED) is 0.757. The van der Waals surface area contributed by atoms with Gasteiger partial charge >= 0.3 is 0 Å². The van der Waals surface area contributed by atoms with Crippen LogP contribution in [0.1, 0.15) is 25.1 Å². The molecule has 0 unspecified atom stereocenters. The number of aliphatic hydroxyl groups is 1. The molecule has 1 aromatic heterocycles. The summed E-state index contributed by atoms with van der Waals surface area (Å²) in [6.07, 6.45) is 0. The van der Waals surface area contributed by atoms with Gasteiger partial charge in [0.2, 0.25) is 0 Å². The SMILES string of the molecule is Cc1[nH]c2ccccc2c1CNCC(C)(C)O. The standard InChI is InChI=1S/C14H20N2O/c1-10-12(8-15-9-14(2,3)17)11-6-4-5-7-13(11)16-10/h4-7,15-17H,8-9H2,1-3H3. The van der Waals surface area contributed by atoms with Crippen molar-refractivity contribution < 1.29 is 5.11 Å². The molecule has 0 aliphatic carbocycles. The van der Waals surface area contributed by atoms with E-state index < -0.39 is 5.60 Å². The summed E-state index contributed by atoms with van der Waals surface area (Å²) in [4.78, 5) is 3.37. The number of hydrogen-bond donors (Lipinski definition) is 3. The van der Waals surface area contributed by atoms with Gasteiger partial charge in [-0.1, -0.05) is 18.2 Å². The van der Waals surface area contributed by atoms with Crippen LogP contribution in [0.15, 0.2) is 24.3 Å². The molecule has 0 bridgehead atoms. The maximum atomic E-state index is 9.66. The molecule has 0 saturated carbocycles. The van der Waals surface area contributed by atoms with Crippen LogP contribution >= 0.6 is 0 Å². The van der Waals surface area contributed by atoms with Crippen molar-refractivity contribution in [2.75, 3.05) is 6.54 Å². The summed E-state index contributed by atoms with van der Waals surface area (Å²) in [5.74, 6) is 0. The van der Waals surface area contributed by atoms with E-state index in [4.69, 9.17) is 0 Å². The molecule has 1 heterocycles. The molecular weight excluding hydrogens is 212 g/mol.